The molecule has 1 amide bonds. The molecule has 1 N–H and O–H groups in total. The Hall–Kier alpha value is -0.610. The van der Waals surface area contributed by atoms with Crippen molar-refractivity contribution < 1.29 is 9.63 Å². The highest BCUT2D eigenvalue weighted by molar-refractivity contribution is 5.83. The summed E-state index contributed by atoms with van der Waals surface area (Å²) in [7, 11) is 1.68. The van der Waals surface area contributed by atoms with Gasteiger partial charge in [0.15, 0.2) is 6.10 Å². The van der Waals surface area contributed by atoms with Crippen molar-refractivity contribution in [2.45, 2.75) is 39.3 Å². The van der Waals surface area contributed by atoms with Crippen molar-refractivity contribution in [2.75, 3.05) is 13.6 Å². The van der Waals surface area contributed by atoms with Crippen LogP contribution in [0.2, 0.25) is 0 Å². The minimum atomic E-state index is -0.297. The van der Waals surface area contributed by atoms with Gasteiger partial charge in [0.05, 0.1) is 0 Å². The monoisotopic (exact) mass is 200 g/mol. The van der Waals surface area contributed by atoms with Gasteiger partial charge in [-0.05, 0) is 12.8 Å². The first-order valence-corrected chi connectivity index (χ1v) is 5.19. The molecule has 0 aromatic rings. The summed E-state index contributed by atoms with van der Waals surface area (Å²) < 4.78 is 0. The molecule has 1 rings (SSSR count). The van der Waals surface area contributed by atoms with Crippen molar-refractivity contribution >= 4 is 5.91 Å². The molecule has 0 spiro atoms. The van der Waals surface area contributed by atoms with E-state index in [9.17, 15) is 4.79 Å². The molecule has 0 aromatic heterocycles. The van der Waals surface area contributed by atoms with E-state index in [1.807, 2.05) is 4.90 Å². The van der Waals surface area contributed by atoms with Gasteiger partial charge < -0.3 is 4.90 Å². The third kappa shape index (κ3) is 2.45. The minimum absolute atomic E-state index is 0.112. The Kier molecular flexibility index (Phi) is 3.89. The summed E-state index contributed by atoms with van der Waals surface area (Å²) in [6, 6.07) is 0.295. The number of carbonyl (C=O) groups excluding carboxylic acids is 1. The number of hydrogen-bond acceptors (Lipinski definition) is 3. The first-order chi connectivity index (χ1) is 6.56. The van der Waals surface area contributed by atoms with E-state index in [4.69, 9.17) is 4.84 Å². The molecule has 0 saturated carbocycles. The lowest BCUT2D eigenvalue weighted by Crippen LogP contribution is -2.37. The number of carbonyl (C=O) groups is 1. The topological polar surface area (TPSA) is 41.6 Å². The second-order valence-corrected chi connectivity index (χ2v) is 4.28. The molecule has 14 heavy (non-hydrogen) atoms. The number of likely N-dealkylation sites (tertiary alicyclic amines) is 1. The van der Waals surface area contributed by atoms with Crippen LogP contribution in [-0.2, 0) is 9.63 Å². The van der Waals surface area contributed by atoms with Crippen LogP contribution in [0.1, 0.15) is 27.2 Å². The van der Waals surface area contributed by atoms with Crippen LogP contribution in [0, 0.1) is 5.92 Å². The molecule has 1 aliphatic rings. The zero-order chi connectivity index (χ0) is 10.7. The summed E-state index contributed by atoms with van der Waals surface area (Å²) in [6.45, 7) is 7.13. The molecule has 0 radical (unpaired) electrons. The van der Waals surface area contributed by atoms with Crippen LogP contribution < -0.4 is 5.48 Å². The van der Waals surface area contributed by atoms with Crippen LogP contribution in [0.3, 0.4) is 0 Å². The number of nitrogens with zero attached hydrogens (tertiary/aromatic N) is 1. The van der Waals surface area contributed by atoms with Gasteiger partial charge >= 0.3 is 0 Å². The largest absolute Gasteiger partial charge is 0.337 e. The molecular weight excluding hydrogens is 180 g/mol. The van der Waals surface area contributed by atoms with Crippen LogP contribution in [-0.4, -0.2) is 36.5 Å². The van der Waals surface area contributed by atoms with Crippen LogP contribution >= 0.6 is 0 Å². The van der Waals surface area contributed by atoms with Crippen molar-refractivity contribution in [1.29, 1.82) is 0 Å². The Bertz CT molecular complexity index is 206. The van der Waals surface area contributed by atoms with E-state index < -0.39 is 0 Å². The van der Waals surface area contributed by atoms with Gasteiger partial charge in [-0.25, -0.2) is 5.48 Å². The number of nitrogens with one attached hydrogen (secondary N) is 1. The Morgan fingerprint density at radius 1 is 1.64 bits per heavy atom. The van der Waals surface area contributed by atoms with E-state index in [1.54, 1.807) is 7.05 Å². The van der Waals surface area contributed by atoms with E-state index in [1.165, 1.54) is 0 Å². The fourth-order valence-electron chi connectivity index (χ4n) is 1.84. The van der Waals surface area contributed by atoms with Crippen LogP contribution in [0.15, 0.2) is 0 Å². The smallest absolute Gasteiger partial charge is 0.254 e. The lowest BCUT2D eigenvalue weighted by Gasteiger charge is -2.23. The highest BCUT2D eigenvalue weighted by Crippen LogP contribution is 2.21. The van der Waals surface area contributed by atoms with E-state index in [-0.39, 0.29) is 12.0 Å². The van der Waals surface area contributed by atoms with Gasteiger partial charge in [-0.2, -0.15) is 0 Å². The number of hydroxylamine groups is 1. The van der Waals surface area contributed by atoms with Gasteiger partial charge in [-0.15, -0.1) is 0 Å². The van der Waals surface area contributed by atoms with Gasteiger partial charge in [0, 0.05) is 26.1 Å². The highest BCUT2D eigenvalue weighted by Gasteiger charge is 2.37. The van der Waals surface area contributed by atoms with Crippen molar-refractivity contribution in [3.8, 4) is 0 Å². The zero-order valence-electron chi connectivity index (χ0n) is 9.41. The fraction of sp³-hybridized carbons (Fsp3) is 0.900. The molecule has 0 bridgehead atoms. The first-order valence-electron chi connectivity index (χ1n) is 5.19. The first kappa shape index (κ1) is 11.5. The molecular formula is C10H20N2O2. The SMILES string of the molecule is CNOC1CC(C)N(CC(C)C)C1=O. The Balaban J connectivity index is 2.56. The predicted octanol–water partition coefficient (Wildman–Crippen LogP) is 0.783. The Morgan fingerprint density at radius 2 is 2.29 bits per heavy atom. The van der Waals surface area contributed by atoms with Gasteiger partial charge in [0.1, 0.15) is 0 Å². The Morgan fingerprint density at radius 3 is 2.79 bits per heavy atom. The van der Waals surface area contributed by atoms with Crippen molar-refractivity contribution in [3.05, 3.63) is 0 Å². The van der Waals surface area contributed by atoms with Gasteiger partial charge in [0.25, 0.3) is 5.91 Å². The number of hydrogen-bond donors (Lipinski definition) is 1. The van der Waals surface area contributed by atoms with Crippen molar-refractivity contribution in [1.82, 2.24) is 10.4 Å². The average molecular weight is 200 g/mol. The number of rotatable bonds is 4. The van der Waals surface area contributed by atoms with E-state index in [2.05, 4.69) is 26.3 Å². The second-order valence-electron chi connectivity index (χ2n) is 4.28. The maximum atomic E-state index is 11.8. The van der Waals surface area contributed by atoms with Gasteiger partial charge in [-0.1, -0.05) is 13.8 Å². The molecule has 1 fully saturated rings. The van der Waals surface area contributed by atoms with E-state index in [0.29, 0.717) is 12.0 Å². The lowest BCUT2D eigenvalue weighted by atomic mass is 10.2. The van der Waals surface area contributed by atoms with Gasteiger partial charge in [-0.3, -0.25) is 9.63 Å². The molecule has 0 aliphatic carbocycles. The van der Waals surface area contributed by atoms with Crippen LogP contribution in [0.4, 0.5) is 0 Å². The summed E-state index contributed by atoms with van der Waals surface area (Å²) in [6.07, 6.45) is 0.487. The molecule has 1 aliphatic heterocycles. The summed E-state index contributed by atoms with van der Waals surface area (Å²) in [5.41, 5.74) is 2.59. The lowest BCUT2D eigenvalue weighted by molar-refractivity contribution is -0.141. The zero-order valence-corrected chi connectivity index (χ0v) is 9.41. The molecule has 1 heterocycles. The highest BCUT2D eigenvalue weighted by atomic mass is 16.7. The molecule has 4 nitrogen and oxygen atoms in total. The normalized spacial score (nSPS) is 27.8. The fourth-order valence-corrected chi connectivity index (χ4v) is 1.84. The van der Waals surface area contributed by atoms with E-state index in [0.717, 1.165) is 13.0 Å². The summed E-state index contributed by atoms with van der Waals surface area (Å²) in [5.74, 6) is 0.621. The van der Waals surface area contributed by atoms with Crippen molar-refractivity contribution in [2.24, 2.45) is 5.92 Å². The van der Waals surface area contributed by atoms with Gasteiger partial charge in [0.2, 0.25) is 0 Å². The summed E-state index contributed by atoms with van der Waals surface area (Å²) in [5, 5.41) is 0. The minimum Gasteiger partial charge on any atom is -0.337 e. The maximum absolute atomic E-state index is 11.8. The molecule has 4 heteroatoms. The Labute approximate surface area is 85.6 Å². The third-order valence-electron chi connectivity index (χ3n) is 2.47. The standard InChI is InChI=1S/C10H20N2O2/c1-7(2)6-12-8(3)5-9(10(12)13)14-11-4/h7-9,11H,5-6H2,1-4H3. The molecule has 2 unspecified atom stereocenters. The maximum Gasteiger partial charge on any atom is 0.254 e. The number of amides is 1. The summed E-state index contributed by atoms with van der Waals surface area (Å²) in [4.78, 5) is 18.9. The van der Waals surface area contributed by atoms with Crippen LogP contribution in [0.5, 0.6) is 0 Å². The molecule has 82 valence electrons. The second kappa shape index (κ2) is 4.75. The predicted molar refractivity (Wildman–Crippen MR) is 54.6 cm³/mol. The molecule has 2 atom stereocenters. The quantitative estimate of drug-likeness (QED) is 0.682. The summed E-state index contributed by atoms with van der Waals surface area (Å²) >= 11 is 0. The average Bonchev–Trinajstić information content (AvgIpc) is 2.33. The van der Waals surface area contributed by atoms with E-state index >= 15 is 0 Å². The molecule has 1 saturated heterocycles. The van der Waals surface area contributed by atoms with Crippen LogP contribution in [0.25, 0.3) is 0 Å². The molecule has 0 aromatic carbocycles. The third-order valence-corrected chi connectivity index (χ3v) is 2.47. The van der Waals surface area contributed by atoms with Crippen molar-refractivity contribution in [3.63, 3.8) is 0 Å².